The Bertz CT molecular complexity index is 950. The topological polar surface area (TPSA) is 98.9 Å². The lowest BCUT2D eigenvalue weighted by Gasteiger charge is -2.28. The maximum absolute atomic E-state index is 12.6. The second kappa shape index (κ2) is 8.34. The van der Waals surface area contributed by atoms with Crippen molar-refractivity contribution in [3.05, 3.63) is 39.4 Å². The van der Waals surface area contributed by atoms with Crippen LogP contribution in [-0.2, 0) is 22.0 Å². The third-order valence-corrected chi connectivity index (χ3v) is 5.40. The highest BCUT2D eigenvalue weighted by Gasteiger charge is 2.26. The van der Waals surface area contributed by atoms with E-state index in [1.807, 2.05) is 66.7 Å². The van der Waals surface area contributed by atoms with E-state index in [1.54, 1.807) is 6.08 Å². The zero-order chi connectivity index (χ0) is 22.0. The molecule has 7 heteroatoms. The zero-order valence-corrected chi connectivity index (χ0v) is 18.9. The second-order valence-corrected chi connectivity index (χ2v) is 10.0. The van der Waals surface area contributed by atoms with E-state index in [9.17, 15) is 15.2 Å². The standard InChI is InChI=1S/C22H28N4O2S/c1-8-17-25-26-20(29-17)24-19(28)14(12-23)9-13-10-15(21(2,3)4)18(27)16(11-13)22(5,6)7/h9-11,27H,8H2,1-7H3,(H,24,26,28)/b14-9+. The lowest BCUT2D eigenvalue weighted by molar-refractivity contribution is -0.112. The van der Waals surface area contributed by atoms with Gasteiger partial charge in [0.15, 0.2) is 0 Å². The molecule has 0 aliphatic heterocycles. The van der Waals surface area contributed by atoms with Crippen molar-refractivity contribution in [1.82, 2.24) is 10.2 Å². The number of aromatic nitrogens is 2. The molecule has 29 heavy (non-hydrogen) atoms. The summed E-state index contributed by atoms with van der Waals surface area (Å²) < 4.78 is 0. The number of phenols is 1. The second-order valence-electron chi connectivity index (χ2n) is 8.94. The minimum absolute atomic E-state index is 0.0383. The third-order valence-electron chi connectivity index (χ3n) is 4.41. The van der Waals surface area contributed by atoms with Gasteiger partial charge in [0.25, 0.3) is 5.91 Å². The van der Waals surface area contributed by atoms with Crippen LogP contribution in [0, 0.1) is 11.3 Å². The van der Waals surface area contributed by atoms with E-state index in [-0.39, 0.29) is 22.2 Å². The number of hydrogen-bond donors (Lipinski definition) is 2. The van der Waals surface area contributed by atoms with Gasteiger partial charge in [-0.3, -0.25) is 10.1 Å². The normalized spacial score (nSPS) is 12.6. The first kappa shape index (κ1) is 22.6. The van der Waals surface area contributed by atoms with E-state index in [1.165, 1.54) is 11.3 Å². The summed E-state index contributed by atoms with van der Waals surface area (Å²) in [5.41, 5.74) is 1.59. The van der Waals surface area contributed by atoms with Crippen molar-refractivity contribution in [2.45, 2.75) is 65.7 Å². The maximum Gasteiger partial charge on any atom is 0.268 e. The third kappa shape index (κ3) is 5.42. The number of nitriles is 1. The molecular formula is C22H28N4O2S. The summed E-state index contributed by atoms with van der Waals surface area (Å²) in [5.74, 6) is -0.278. The number of amides is 1. The van der Waals surface area contributed by atoms with Crippen molar-refractivity contribution in [3.8, 4) is 11.8 Å². The fraction of sp³-hybridized carbons (Fsp3) is 0.455. The highest BCUT2D eigenvalue weighted by molar-refractivity contribution is 7.15. The molecule has 0 fully saturated rings. The molecule has 0 bridgehead atoms. The van der Waals surface area contributed by atoms with Gasteiger partial charge in [0, 0.05) is 11.1 Å². The lowest BCUT2D eigenvalue weighted by Crippen LogP contribution is -2.18. The summed E-state index contributed by atoms with van der Waals surface area (Å²) in [6.45, 7) is 14.0. The summed E-state index contributed by atoms with van der Waals surface area (Å²) in [5, 5.41) is 32.1. The SMILES string of the molecule is CCc1nnc(NC(=O)/C(C#N)=C/c2cc(C(C)(C)C)c(O)c(C(C)(C)C)c2)s1. The number of benzene rings is 1. The molecule has 154 valence electrons. The molecule has 6 nitrogen and oxygen atoms in total. The maximum atomic E-state index is 12.6. The van der Waals surface area contributed by atoms with E-state index in [0.29, 0.717) is 10.7 Å². The molecule has 0 aliphatic rings. The average Bonchev–Trinajstić information content (AvgIpc) is 3.06. The van der Waals surface area contributed by atoms with Crippen LogP contribution < -0.4 is 5.32 Å². The van der Waals surface area contributed by atoms with Gasteiger partial charge in [0.1, 0.15) is 22.4 Å². The van der Waals surface area contributed by atoms with Crippen LogP contribution >= 0.6 is 11.3 Å². The fourth-order valence-electron chi connectivity index (χ4n) is 2.81. The summed E-state index contributed by atoms with van der Waals surface area (Å²) >= 11 is 1.29. The highest BCUT2D eigenvalue weighted by atomic mass is 32.1. The Morgan fingerprint density at radius 2 is 1.72 bits per heavy atom. The number of aryl methyl sites for hydroxylation is 1. The predicted octanol–water partition coefficient (Wildman–Crippen LogP) is 4.95. The number of nitrogens with one attached hydrogen (secondary N) is 1. The summed E-state index contributed by atoms with van der Waals surface area (Å²) in [6, 6.07) is 5.62. The van der Waals surface area contributed by atoms with Crippen LogP contribution in [0.3, 0.4) is 0 Å². The number of nitrogens with zero attached hydrogens (tertiary/aromatic N) is 3. The molecule has 1 heterocycles. The molecule has 0 saturated heterocycles. The van der Waals surface area contributed by atoms with E-state index in [0.717, 1.165) is 22.6 Å². The van der Waals surface area contributed by atoms with Crippen molar-refractivity contribution < 1.29 is 9.90 Å². The Morgan fingerprint density at radius 3 is 2.14 bits per heavy atom. The smallest absolute Gasteiger partial charge is 0.268 e. The van der Waals surface area contributed by atoms with Gasteiger partial charge < -0.3 is 5.11 Å². The number of carbonyl (C=O) groups excluding carboxylic acids is 1. The van der Waals surface area contributed by atoms with Gasteiger partial charge in [-0.15, -0.1) is 10.2 Å². The molecular weight excluding hydrogens is 384 g/mol. The van der Waals surface area contributed by atoms with Crippen LogP contribution in [0.2, 0.25) is 0 Å². The van der Waals surface area contributed by atoms with Gasteiger partial charge in [-0.1, -0.05) is 59.8 Å². The first-order valence-corrected chi connectivity index (χ1v) is 10.3. The van der Waals surface area contributed by atoms with Crippen molar-refractivity contribution in [3.63, 3.8) is 0 Å². The van der Waals surface area contributed by atoms with Crippen molar-refractivity contribution in [2.24, 2.45) is 0 Å². The first-order valence-electron chi connectivity index (χ1n) is 9.50. The van der Waals surface area contributed by atoms with Crippen LogP contribution in [0.15, 0.2) is 17.7 Å². The minimum atomic E-state index is -0.533. The quantitative estimate of drug-likeness (QED) is 0.547. The molecule has 2 aromatic rings. The number of anilines is 1. The molecule has 1 amide bonds. The summed E-state index contributed by atoms with van der Waals surface area (Å²) in [7, 11) is 0. The number of aromatic hydroxyl groups is 1. The van der Waals surface area contributed by atoms with Gasteiger partial charge in [0.05, 0.1) is 0 Å². The van der Waals surface area contributed by atoms with Gasteiger partial charge in [0.2, 0.25) is 5.13 Å². The molecule has 2 N–H and O–H groups in total. The van der Waals surface area contributed by atoms with Crippen LogP contribution in [0.5, 0.6) is 5.75 Å². The Morgan fingerprint density at radius 1 is 1.17 bits per heavy atom. The van der Waals surface area contributed by atoms with E-state index in [2.05, 4.69) is 15.5 Å². The zero-order valence-electron chi connectivity index (χ0n) is 18.0. The van der Waals surface area contributed by atoms with Crippen LogP contribution in [0.1, 0.15) is 70.2 Å². The molecule has 0 spiro atoms. The minimum Gasteiger partial charge on any atom is -0.507 e. The summed E-state index contributed by atoms with van der Waals surface area (Å²) in [6.07, 6.45) is 2.27. The molecule has 1 aromatic heterocycles. The number of hydrogen-bond acceptors (Lipinski definition) is 6. The van der Waals surface area contributed by atoms with Gasteiger partial charge in [-0.05, 0) is 41.0 Å². The molecule has 0 saturated carbocycles. The lowest BCUT2D eigenvalue weighted by atomic mass is 9.78. The highest BCUT2D eigenvalue weighted by Crippen LogP contribution is 2.40. The molecule has 0 atom stereocenters. The van der Waals surface area contributed by atoms with Crippen LogP contribution in [0.4, 0.5) is 5.13 Å². The summed E-state index contributed by atoms with van der Waals surface area (Å²) in [4.78, 5) is 12.6. The average molecular weight is 413 g/mol. The van der Waals surface area contributed by atoms with Gasteiger partial charge in [-0.25, -0.2) is 0 Å². The van der Waals surface area contributed by atoms with E-state index >= 15 is 0 Å². The number of carbonyl (C=O) groups is 1. The Kier molecular flexibility index (Phi) is 6.49. The Labute approximate surface area is 176 Å². The van der Waals surface area contributed by atoms with Gasteiger partial charge >= 0.3 is 0 Å². The molecule has 1 aromatic carbocycles. The molecule has 0 aliphatic carbocycles. The van der Waals surface area contributed by atoms with Crippen LogP contribution in [0.25, 0.3) is 6.08 Å². The van der Waals surface area contributed by atoms with Crippen LogP contribution in [-0.4, -0.2) is 21.2 Å². The van der Waals surface area contributed by atoms with Gasteiger partial charge in [-0.2, -0.15) is 5.26 Å². The van der Waals surface area contributed by atoms with Crippen molar-refractivity contribution in [1.29, 1.82) is 5.26 Å². The fourth-order valence-corrected chi connectivity index (χ4v) is 3.48. The van der Waals surface area contributed by atoms with E-state index < -0.39 is 5.91 Å². The number of phenolic OH excluding ortho intramolecular Hbond substituents is 1. The molecule has 0 radical (unpaired) electrons. The van der Waals surface area contributed by atoms with Crippen molar-refractivity contribution >= 4 is 28.5 Å². The Hall–Kier alpha value is -2.72. The monoisotopic (exact) mass is 412 g/mol. The molecule has 0 unspecified atom stereocenters. The Balaban J connectivity index is 2.49. The van der Waals surface area contributed by atoms with E-state index in [4.69, 9.17) is 0 Å². The van der Waals surface area contributed by atoms with Crippen molar-refractivity contribution in [2.75, 3.05) is 5.32 Å². The molecule has 2 rings (SSSR count). The predicted molar refractivity (Wildman–Crippen MR) is 117 cm³/mol. The first-order chi connectivity index (χ1) is 13.4. The largest absolute Gasteiger partial charge is 0.507 e. The number of rotatable bonds is 4.